The van der Waals surface area contributed by atoms with E-state index in [0.717, 1.165) is 31.6 Å². The largest absolute Gasteiger partial charge is 0.333 e. The molecule has 1 fully saturated rings. The molecule has 2 heterocycles. The molecule has 1 atom stereocenters. The Balaban J connectivity index is 1.66. The quantitative estimate of drug-likeness (QED) is 0.940. The Labute approximate surface area is 131 Å². The number of amides is 1. The van der Waals surface area contributed by atoms with Crippen molar-refractivity contribution in [3.8, 4) is 0 Å². The van der Waals surface area contributed by atoms with Crippen LogP contribution in [0.15, 0.2) is 54.9 Å². The molecule has 1 amide bonds. The highest BCUT2D eigenvalue weighted by atomic mass is 16.2. The number of hydrogen-bond donors (Lipinski definition) is 1. The number of nitrogens with one attached hydrogen (secondary N) is 1. The summed E-state index contributed by atoms with van der Waals surface area (Å²) in [6.45, 7) is 2.45. The molecule has 0 saturated carbocycles. The van der Waals surface area contributed by atoms with Crippen LogP contribution in [-0.4, -0.2) is 35.4 Å². The van der Waals surface area contributed by atoms with Crippen molar-refractivity contribution >= 4 is 5.91 Å². The van der Waals surface area contributed by atoms with Gasteiger partial charge in [0, 0.05) is 38.4 Å². The first-order valence-corrected chi connectivity index (χ1v) is 7.78. The van der Waals surface area contributed by atoms with Crippen LogP contribution in [0.4, 0.5) is 0 Å². The van der Waals surface area contributed by atoms with Gasteiger partial charge in [-0.2, -0.15) is 0 Å². The van der Waals surface area contributed by atoms with Gasteiger partial charge < -0.3 is 10.2 Å². The molecule has 1 aromatic carbocycles. The van der Waals surface area contributed by atoms with E-state index in [9.17, 15) is 4.79 Å². The number of benzene rings is 1. The van der Waals surface area contributed by atoms with Gasteiger partial charge in [-0.15, -0.1) is 0 Å². The van der Waals surface area contributed by atoms with E-state index < -0.39 is 0 Å². The highest BCUT2D eigenvalue weighted by Crippen LogP contribution is 2.23. The summed E-state index contributed by atoms with van der Waals surface area (Å²) < 4.78 is 0. The number of piperazine rings is 1. The molecule has 4 heteroatoms. The molecule has 22 heavy (non-hydrogen) atoms. The summed E-state index contributed by atoms with van der Waals surface area (Å²) in [6.07, 6.45) is 4.87. The average molecular weight is 295 g/mol. The van der Waals surface area contributed by atoms with Crippen LogP contribution in [0, 0.1) is 0 Å². The first-order chi connectivity index (χ1) is 10.8. The average Bonchev–Trinajstić information content (AvgIpc) is 2.61. The molecule has 0 aliphatic carbocycles. The van der Waals surface area contributed by atoms with Crippen LogP contribution in [0.3, 0.4) is 0 Å². The minimum Gasteiger partial charge on any atom is -0.333 e. The minimum atomic E-state index is 0.136. The van der Waals surface area contributed by atoms with Gasteiger partial charge in [-0.05, 0) is 23.6 Å². The third-order valence-corrected chi connectivity index (χ3v) is 4.10. The zero-order valence-corrected chi connectivity index (χ0v) is 12.6. The van der Waals surface area contributed by atoms with E-state index in [2.05, 4.69) is 22.4 Å². The second kappa shape index (κ2) is 7.18. The molecule has 1 aliphatic rings. The van der Waals surface area contributed by atoms with Crippen LogP contribution in [-0.2, 0) is 11.2 Å². The molecular formula is C18H21N3O. The molecular weight excluding hydrogens is 274 g/mol. The van der Waals surface area contributed by atoms with E-state index in [4.69, 9.17) is 0 Å². The normalized spacial score (nSPS) is 18.2. The molecule has 1 aliphatic heterocycles. The van der Waals surface area contributed by atoms with Gasteiger partial charge in [0.05, 0.1) is 6.04 Å². The van der Waals surface area contributed by atoms with Crippen molar-refractivity contribution in [3.05, 3.63) is 66.0 Å². The number of nitrogens with zero attached hydrogens (tertiary/aromatic N) is 2. The van der Waals surface area contributed by atoms with Crippen molar-refractivity contribution in [1.29, 1.82) is 0 Å². The fraction of sp³-hybridized carbons (Fsp3) is 0.333. The van der Waals surface area contributed by atoms with Gasteiger partial charge in [0.2, 0.25) is 5.91 Å². The topological polar surface area (TPSA) is 45.2 Å². The van der Waals surface area contributed by atoms with Crippen LogP contribution in [0.1, 0.15) is 23.6 Å². The van der Waals surface area contributed by atoms with Crippen molar-refractivity contribution in [2.75, 3.05) is 19.6 Å². The van der Waals surface area contributed by atoms with Crippen molar-refractivity contribution in [2.24, 2.45) is 0 Å². The summed E-state index contributed by atoms with van der Waals surface area (Å²) in [5.41, 5.74) is 2.31. The molecule has 4 nitrogen and oxygen atoms in total. The lowest BCUT2D eigenvalue weighted by atomic mass is 10.0. The summed E-state index contributed by atoms with van der Waals surface area (Å²) in [7, 11) is 0. The van der Waals surface area contributed by atoms with Crippen molar-refractivity contribution in [2.45, 2.75) is 18.9 Å². The van der Waals surface area contributed by atoms with Crippen molar-refractivity contribution < 1.29 is 4.79 Å². The molecule has 1 N–H and O–H groups in total. The Morgan fingerprint density at radius 2 is 2.09 bits per heavy atom. The fourth-order valence-electron chi connectivity index (χ4n) is 2.92. The Kier molecular flexibility index (Phi) is 4.81. The van der Waals surface area contributed by atoms with E-state index in [1.54, 1.807) is 6.20 Å². The van der Waals surface area contributed by atoms with Gasteiger partial charge in [0.15, 0.2) is 0 Å². The summed E-state index contributed by atoms with van der Waals surface area (Å²) >= 11 is 0. The lowest BCUT2D eigenvalue weighted by Gasteiger charge is -2.36. The highest BCUT2D eigenvalue weighted by molar-refractivity contribution is 5.77. The molecule has 1 aromatic heterocycles. The maximum Gasteiger partial charge on any atom is 0.223 e. The molecule has 1 saturated heterocycles. The molecule has 0 bridgehead atoms. The van der Waals surface area contributed by atoms with Gasteiger partial charge in [-0.3, -0.25) is 9.78 Å². The number of aryl methyl sites for hydroxylation is 1. The summed E-state index contributed by atoms with van der Waals surface area (Å²) in [5, 5.41) is 3.39. The number of hydrogen-bond acceptors (Lipinski definition) is 3. The van der Waals surface area contributed by atoms with E-state index in [1.807, 2.05) is 41.4 Å². The van der Waals surface area contributed by atoms with Crippen LogP contribution >= 0.6 is 0 Å². The smallest absolute Gasteiger partial charge is 0.223 e. The maximum absolute atomic E-state index is 12.6. The summed E-state index contributed by atoms with van der Waals surface area (Å²) in [4.78, 5) is 18.8. The lowest BCUT2D eigenvalue weighted by Crippen LogP contribution is -2.48. The monoisotopic (exact) mass is 295 g/mol. The predicted octanol–water partition coefficient (Wildman–Crippen LogP) is 2.19. The van der Waals surface area contributed by atoms with Gasteiger partial charge in [-0.1, -0.05) is 36.4 Å². The van der Waals surface area contributed by atoms with E-state index in [0.29, 0.717) is 6.42 Å². The Hall–Kier alpha value is -2.20. The second-order valence-electron chi connectivity index (χ2n) is 5.58. The number of carbonyl (C=O) groups is 1. The first kappa shape index (κ1) is 14.7. The Bertz CT molecular complexity index is 600. The number of aromatic nitrogens is 1. The third-order valence-electron chi connectivity index (χ3n) is 4.10. The molecule has 114 valence electrons. The third kappa shape index (κ3) is 3.52. The van der Waals surface area contributed by atoms with Crippen LogP contribution in [0.5, 0.6) is 0 Å². The number of pyridine rings is 1. The zero-order valence-electron chi connectivity index (χ0n) is 12.6. The van der Waals surface area contributed by atoms with Gasteiger partial charge >= 0.3 is 0 Å². The molecule has 0 spiro atoms. The van der Waals surface area contributed by atoms with Gasteiger partial charge in [0.25, 0.3) is 0 Å². The van der Waals surface area contributed by atoms with Crippen molar-refractivity contribution in [1.82, 2.24) is 15.2 Å². The lowest BCUT2D eigenvalue weighted by molar-refractivity contribution is -0.134. The van der Waals surface area contributed by atoms with Crippen LogP contribution in [0.25, 0.3) is 0 Å². The Morgan fingerprint density at radius 3 is 2.86 bits per heavy atom. The van der Waals surface area contributed by atoms with E-state index >= 15 is 0 Å². The molecule has 0 radical (unpaired) electrons. The summed E-state index contributed by atoms with van der Waals surface area (Å²) in [6, 6.07) is 14.3. The Morgan fingerprint density at radius 1 is 1.23 bits per heavy atom. The van der Waals surface area contributed by atoms with Gasteiger partial charge in [-0.25, -0.2) is 0 Å². The van der Waals surface area contributed by atoms with Crippen LogP contribution in [0.2, 0.25) is 0 Å². The van der Waals surface area contributed by atoms with Gasteiger partial charge in [0.1, 0.15) is 0 Å². The first-order valence-electron chi connectivity index (χ1n) is 7.78. The fourth-order valence-corrected chi connectivity index (χ4v) is 2.92. The predicted molar refractivity (Wildman–Crippen MR) is 86.3 cm³/mol. The highest BCUT2D eigenvalue weighted by Gasteiger charge is 2.27. The minimum absolute atomic E-state index is 0.136. The van der Waals surface area contributed by atoms with Crippen molar-refractivity contribution in [3.63, 3.8) is 0 Å². The standard InChI is InChI=1S/C18H21N3O/c22-18(9-8-15-5-4-10-19-13-15)21-12-11-20-14-17(21)16-6-2-1-3-7-16/h1-7,10,13,17,20H,8-9,11-12,14H2/t17-/m1/s1. The van der Waals surface area contributed by atoms with E-state index in [-0.39, 0.29) is 11.9 Å². The van der Waals surface area contributed by atoms with Crippen LogP contribution < -0.4 is 5.32 Å². The molecule has 3 rings (SSSR count). The number of rotatable bonds is 4. The second-order valence-corrected chi connectivity index (χ2v) is 5.58. The molecule has 0 unspecified atom stereocenters. The molecule has 2 aromatic rings. The number of carbonyl (C=O) groups excluding carboxylic acids is 1. The SMILES string of the molecule is O=C(CCc1cccnc1)N1CCNC[C@@H]1c1ccccc1. The van der Waals surface area contributed by atoms with E-state index in [1.165, 1.54) is 5.56 Å². The summed E-state index contributed by atoms with van der Waals surface area (Å²) in [5.74, 6) is 0.221. The maximum atomic E-state index is 12.6. The zero-order chi connectivity index (χ0) is 15.2.